The number of hydrogen-bond acceptors (Lipinski definition) is 16. The molecule has 16 N–H and O–H groups in total. The van der Waals surface area contributed by atoms with E-state index in [0.717, 1.165) is 23.3 Å². The van der Waals surface area contributed by atoms with E-state index in [1.165, 1.54) is 21.7 Å². The Morgan fingerprint density at radius 2 is 1.21 bits per heavy atom. The van der Waals surface area contributed by atoms with Crippen molar-refractivity contribution >= 4 is 77.0 Å². The molecule has 38 heteroatoms. The van der Waals surface area contributed by atoms with Crippen molar-refractivity contribution in [3.05, 3.63) is 71.3 Å². The third-order valence-corrected chi connectivity index (χ3v) is 19.8. The van der Waals surface area contributed by atoms with Gasteiger partial charge in [0.05, 0.1) is 25.3 Å². The molecule has 2 aromatic rings. The van der Waals surface area contributed by atoms with Crippen LogP contribution in [0.15, 0.2) is 69.6 Å². The van der Waals surface area contributed by atoms with Crippen molar-refractivity contribution in [1.29, 1.82) is 0 Å². The number of aliphatic hydroxyl groups excluding tert-OH is 2. The number of benzene rings is 2. The first-order chi connectivity index (χ1) is 51.5. The summed E-state index contributed by atoms with van der Waals surface area (Å²) < 4.78 is 77.0. The van der Waals surface area contributed by atoms with Crippen LogP contribution in [0.2, 0.25) is 0 Å². The Bertz CT molecular complexity index is 3500. The first kappa shape index (κ1) is 85.7. The van der Waals surface area contributed by atoms with Crippen LogP contribution < -0.4 is 64.2 Å². The lowest BCUT2D eigenvalue weighted by Gasteiger charge is -2.42. The van der Waals surface area contributed by atoms with Crippen molar-refractivity contribution in [2.75, 3.05) is 87.2 Å². The van der Waals surface area contributed by atoms with Crippen molar-refractivity contribution in [1.82, 2.24) is 78.1 Å². The summed E-state index contributed by atoms with van der Waals surface area (Å²) in [6.45, 7) is -5.15. The van der Waals surface area contributed by atoms with Crippen LogP contribution >= 0.6 is 0 Å². The number of rotatable bonds is 33. The highest BCUT2D eigenvalue weighted by molar-refractivity contribution is 5.99. The van der Waals surface area contributed by atoms with Crippen LogP contribution in [-0.4, -0.2) is 278 Å². The number of aliphatic carboxylic acids is 1. The lowest BCUT2D eigenvalue weighted by Crippen LogP contribution is -2.63. The molecule has 12 unspecified atom stereocenters. The van der Waals surface area contributed by atoms with Crippen molar-refractivity contribution in [2.24, 2.45) is 26.6 Å². The smallest absolute Gasteiger partial charge is 0.408 e. The van der Waals surface area contributed by atoms with Gasteiger partial charge in [-0.15, -0.1) is 0 Å². The number of unbranched alkanes of at least 4 members (excludes halogenated alkanes) is 1. The average Bonchev–Trinajstić information content (AvgIpc) is 1.52. The Hall–Kier alpha value is -9.59. The van der Waals surface area contributed by atoms with Crippen LogP contribution in [0.3, 0.4) is 0 Å². The summed E-state index contributed by atoms with van der Waals surface area (Å²) in [6.07, 6.45) is -6.78. The number of carbonyl (C=O) groups excluding carboxylic acids is 9. The largest absolute Gasteiger partial charge is 0.480 e. The predicted molar refractivity (Wildman–Crippen MR) is 383 cm³/mol. The Morgan fingerprint density at radius 1 is 0.593 bits per heavy atom. The highest BCUT2D eigenvalue weighted by Gasteiger charge is 2.52. The number of hydrogen-bond donors (Lipinski definition) is 15. The predicted octanol–water partition coefficient (Wildman–Crippen LogP) is -1.27. The molecule has 598 valence electrons. The van der Waals surface area contributed by atoms with Gasteiger partial charge in [-0.05, 0) is 99.7 Å². The molecule has 2 aromatic carbocycles. The van der Waals surface area contributed by atoms with Gasteiger partial charge in [0, 0.05) is 92.8 Å². The second kappa shape index (κ2) is 41.1. The number of carboxylic acid groups (broad SMARTS) is 1. The average molecular weight is 1530 g/mol. The van der Waals surface area contributed by atoms with E-state index in [2.05, 4.69) is 68.1 Å². The van der Waals surface area contributed by atoms with Gasteiger partial charge in [0.25, 0.3) is 0 Å². The lowest BCUT2D eigenvalue weighted by atomic mass is 9.84. The number of β-amino-alcohol motifs (C(OH)–C–C–N with tert-alkyl or cyclic N) is 1. The van der Waals surface area contributed by atoms with E-state index in [1.807, 2.05) is 6.07 Å². The number of fused-ring (bicyclic) bond motifs is 2. The van der Waals surface area contributed by atoms with E-state index in [1.54, 1.807) is 75.0 Å². The molecule has 3 saturated heterocycles. The van der Waals surface area contributed by atoms with Crippen LogP contribution in [0, 0.1) is 5.92 Å². The molecule has 9 amide bonds. The summed E-state index contributed by atoms with van der Waals surface area (Å²) >= 11 is 0. The molecular formula is C70H103F6N19O13. The Balaban J connectivity index is 1.00. The molecule has 7 rings (SSSR count). The summed E-state index contributed by atoms with van der Waals surface area (Å²) in [5, 5.41) is 61.4. The fourth-order valence-corrected chi connectivity index (χ4v) is 14.4. The molecule has 0 aromatic heterocycles. The van der Waals surface area contributed by atoms with E-state index >= 15 is 9.59 Å². The van der Waals surface area contributed by atoms with E-state index in [9.17, 15) is 80.0 Å². The lowest BCUT2D eigenvalue weighted by molar-refractivity contribution is -0.153. The third-order valence-electron chi connectivity index (χ3n) is 19.8. The summed E-state index contributed by atoms with van der Waals surface area (Å²) in [4.78, 5) is 160. The van der Waals surface area contributed by atoms with Gasteiger partial charge in [0.1, 0.15) is 61.4 Å². The number of guanidine groups is 3. The van der Waals surface area contributed by atoms with Crippen LogP contribution in [0.5, 0.6) is 0 Å². The van der Waals surface area contributed by atoms with Crippen molar-refractivity contribution in [3.8, 4) is 0 Å². The van der Waals surface area contributed by atoms with E-state index in [-0.39, 0.29) is 109 Å². The first-order valence-electron chi connectivity index (χ1n) is 36.5. The number of nitrogens with zero attached hydrogens (tertiary/aromatic N) is 7. The molecule has 12 atom stereocenters. The zero-order valence-corrected chi connectivity index (χ0v) is 61.1. The van der Waals surface area contributed by atoms with E-state index in [0.29, 0.717) is 55.3 Å². The van der Waals surface area contributed by atoms with Gasteiger partial charge in [-0.1, -0.05) is 67.4 Å². The zero-order valence-electron chi connectivity index (χ0n) is 61.1. The maximum atomic E-state index is 15.5. The number of amides is 9. The van der Waals surface area contributed by atoms with Crippen LogP contribution in [0.4, 0.5) is 26.3 Å². The summed E-state index contributed by atoms with van der Waals surface area (Å²) in [7, 11) is 6.42. The Kier molecular flexibility index (Phi) is 32.6. The SMILES string of the molecule is CN=C(NC)NCCCC(NC(=O)C1CC2CCCCC2N1C(=O)C1Cc2ccccc2CN1C(=O)C(CO)NC(=O)C(Cc1ccccc1)NC(=O)CNC(=O)C1CC(O)CN1C(=O)C1CCCN1C(=O)C(CCCNC(=NC)NC)NC(=O)C(N)CCCCNC(=NCC(F)(F)F)NCC(F)(F)F)C(=O)O. The van der Waals surface area contributed by atoms with Crippen LogP contribution in [0.25, 0.3) is 0 Å². The maximum Gasteiger partial charge on any atom is 0.408 e. The van der Waals surface area contributed by atoms with Gasteiger partial charge in [-0.25, -0.2) is 9.79 Å². The minimum Gasteiger partial charge on any atom is -0.480 e. The number of likely N-dealkylation sites (tertiary alicyclic amines) is 3. The number of nitrogens with one attached hydrogen (secondary N) is 11. The second-order valence-corrected chi connectivity index (χ2v) is 27.4. The molecule has 4 fully saturated rings. The molecule has 32 nitrogen and oxygen atoms in total. The molecule has 0 bridgehead atoms. The molecular weight excluding hydrogens is 1430 g/mol. The van der Waals surface area contributed by atoms with E-state index < -0.39 is 170 Å². The molecule has 4 aliphatic heterocycles. The van der Waals surface area contributed by atoms with Crippen LogP contribution in [-0.2, 0) is 67.3 Å². The molecule has 0 spiro atoms. The normalized spacial score (nSPS) is 21.7. The molecule has 4 heterocycles. The second-order valence-electron chi connectivity index (χ2n) is 27.4. The minimum absolute atomic E-state index is 0.00936. The van der Waals surface area contributed by atoms with Gasteiger partial charge in [-0.2, -0.15) is 26.3 Å². The summed E-state index contributed by atoms with van der Waals surface area (Å²) in [5.74, 6) is -8.16. The van der Waals surface area contributed by atoms with Gasteiger partial charge >= 0.3 is 18.3 Å². The topological polar surface area (TPSA) is 440 Å². The first-order valence-corrected chi connectivity index (χ1v) is 36.5. The maximum absolute atomic E-state index is 15.5. The third kappa shape index (κ3) is 25.0. The number of aliphatic imine (C=N–C) groups is 3. The number of halogens is 6. The highest BCUT2D eigenvalue weighted by Crippen LogP contribution is 2.42. The molecule has 0 radical (unpaired) electrons. The fourth-order valence-electron chi connectivity index (χ4n) is 14.4. The van der Waals surface area contributed by atoms with Gasteiger partial charge in [0.15, 0.2) is 17.9 Å². The highest BCUT2D eigenvalue weighted by atomic mass is 19.4. The van der Waals surface area contributed by atoms with Crippen molar-refractivity contribution in [3.63, 3.8) is 0 Å². The van der Waals surface area contributed by atoms with Gasteiger partial charge < -0.3 is 99.1 Å². The molecule has 5 aliphatic rings. The number of carboxylic acids is 1. The standard InChI is InChI=1S/C70H103F6N19O13/c1-78-66(79-2)82-28-14-23-47(89-57(99)46(77)22-12-13-27-84-68(86-39-69(71,72)73)87-40-70(74,75)76)61(103)92-30-16-26-52(92)63(105)94-37-45(97)34-53(94)59(101)85-35-56(98)88-49(31-41-17-6-5-7-18-41)58(100)91-50(38-96)62(104)93-36-44-21-9-8-19-42(44)32-55(93)64(106)95-51-25-11-10-20-43(51)33-54(95)60(102)90-48(65(107)108)24-15-29-83-67(80-3)81-4/h5-9,17-19,21,43,45-55,96-97H,10-16,20,22-40,77H2,1-4H3,(H,85,101)(H,88,98)(H,89,99)(H,90,102)(H,91,100)(H,107,108)(H2,78,79,82)(H2,80,81,83)(H2,84,86,87). The van der Waals surface area contributed by atoms with Crippen molar-refractivity contribution < 1.29 is 89.6 Å². The summed E-state index contributed by atoms with van der Waals surface area (Å²) in [6, 6.07) is 3.25. The summed E-state index contributed by atoms with van der Waals surface area (Å²) in [5.41, 5.74) is 8.22. The van der Waals surface area contributed by atoms with Gasteiger partial charge in [-0.3, -0.25) is 53.1 Å². The fraction of sp³-hybridized carbons (Fsp3) is 0.643. The minimum atomic E-state index is -4.79. The van der Waals surface area contributed by atoms with Crippen LogP contribution in [0.1, 0.15) is 113 Å². The Labute approximate surface area is 622 Å². The number of nitrogens with two attached hydrogens (primary N) is 1. The van der Waals surface area contributed by atoms with Gasteiger partial charge in [0.2, 0.25) is 53.2 Å². The van der Waals surface area contributed by atoms with Crippen molar-refractivity contribution in [2.45, 2.75) is 195 Å². The molecule has 1 saturated carbocycles. The number of aliphatic hydroxyl groups is 2. The zero-order chi connectivity index (χ0) is 78.8. The Morgan fingerprint density at radius 3 is 1.85 bits per heavy atom. The van der Waals surface area contributed by atoms with E-state index in [4.69, 9.17) is 5.73 Å². The monoisotopic (exact) mass is 1530 g/mol. The quantitative estimate of drug-likeness (QED) is 0.0172. The number of carbonyl (C=O) groups is 10. The molecule has 1 aliphatic carbocycles. The number of alkyl halides is 6. The molecule has 108 heavy (non-hydrogen) atoms.